The quantitative estimate of drug-likeness (QED) is 0.574. The Morgan fingerprint density at radius 1 is 1.32 bits per heavy atom. The minimum absolute atomic E-state index is 0.319. The zero-order chi connectivity index (χ0) is 15.4. The molecule has 0 saturated carbocycles. The third kappa shape index (κ3) is 3.12. The van der Waals surface area contributed by atoms with Crippen LogP contribution < -0.4 is 5.43 Å². The van der Waals surface area contributed by atoms with Crippen LogP contribution in [0, 0.1) is 6.92 Å². The van der Waals surface area contributed by atoms with Crippen molar-refractivity contribution in [2.75, 3.05) is 0 Å². The van der Waals surface area contributed by atoms with Gasteiger partial charge >= 0.3 is 0 Å². The Morgan fingerprint density at radius 2 is 2.14 bits per heavy atom. The van der Waals surface area contributed by atoms with Crippen molar-refractivity contribution in [3.63, 3.8) is 0 Å². The molecule has 6 heteroatoms. The number of carbonyl (C=O) groups excluding carboxylic acids is 1. The molecule has 2 aromatic heterocycles. The van der Waals surface area contributed by atoms with Gasteiger partial charge < -0.3 is 0 Å². The van der Waals surface area contributed by atoms with Gasteiger partial charge in [-0.3, -0.25) is 9.89 Å². The fraction of sp³-hybridized carbons (Fsp3) is 0.0625. The number of aromatic amines is 1. The maximum absolute atomic E-state index is 12.0. The first kappa shape index (κ1) is 14.2. The van der Waals surface area contributed by atoms with Crippen molar-refractivity contribution in [1.29, 1.82) is 0 Å². The number of hydrogen-bond acceptors (Lipinski definition) is 4. The van der Waals surface area contributed by atoms with Crippen LogP contribution >= 0.6 is 11.3 Å². The molecule has 0 atom stereocenters. The van der Waals surface area contributed by atoms with E-state index < -0.39 is 0 Å². The highest BCUT2D eigenvalue weighted by atomic mass is 32.1. The van der Waals surface area contributed by atoms with Gasteiger partial charge in [-0.2, -0.15) is 10.2 Å². The molecule has 0 saturated heterocycles. The van der Waals surface area contributed by atoms with Crippen molar-refractivity contribution in [1.82, 2.24) is 15.6 Å². The van der Waals surface area contributed by atoms with Crippen LogP contribution in [-0.2, 0) is 0 Å². The number of H-pyrrole nitrogens is 1. The molecule has 5 nitrogen and oxygen atoms in total. The summed E-state index contributed by atoms with van der Waals surface area (Å²) in [5, 5.41) is 12.8. The number of aromatic nitrogens is 2. The molecule has 3 rings (SSSR count). The molecule has 3 aromatic rings. The summed E-state index contributed by atoms with van der Waals surface area (Å²) in [5.74, 6) is -0.319. The molecule has 0 spiro atoms. The van der Waals surface area contributed by atoms with Crippen LogP contribution in [0.25, 0.3) is 11.3 Å². The van der Waals surface area contributed by atoms with Gasteiger partial charge in [-0.25, -0.2) is 5.43 Å². The van der Waals surface area contributed by atoms with Crippen LogP contribution in [0.2, 0.25) is 0 Å². The van der Waals surface area contributed by atoms with Gasteiger partial charge in [0.2, 0.25) is 0 Å². The second-order valence-corrected chi connectivity index (χ2v) is 5.65. The highest BCUT2D eigenvalue weighted by Crippen LogP contribution is 2.16. The third-order valence-electron chi connectivity index (χ3n) is 3.14. The molecule has 0 unspecified atom stereocenters. The largest absolute Gasteiger partial charge is 0.289 e. The van der Waals surface area contributed by atoms with Gasteiger partial charge in [0.25, 0.3) is 5.91 Å². The maximum atomic E-state index is 12.0. The van der Waals surface area contributed by atoms with E-state index in [0.717, 1.165) is 21.7 Å². The van der Waals surface area contributed by atoms with Crippen molar-refractivity contribution >= 4 is 23.5 Å². The summed E-state index contributed by atoms with van der Waals surface area (Å²) < 4.78 is 0. The molecule has 1 amide bonds. The second-order valence-electron chi connectivity index (χ2n) is 4.70. The van der Waals surface area contributed by atoms with E-state index in [9.17, 15) is 4.79 Å². The predicted octanol–water partition coefficient (Wildman–Crippen LogP) is 3.21. The molecule has 1 aromatic carbocycles. The van der Waals surface area contributed by atoms with E-state index >= 15 is 0 Å². The number of carbonyl (C=O) groups is 1. The molecule has 0 aliphatic rings. The van der Waals surface area contributed by atoms with Crippen molar-refractivity contribution in [3.8, 4) is 11.3 Å². The number of nitrogens with one attached hydrogen (secondary N) is 2. The fourth-order valence-electron chi connectivity index (χ4n) is 1.92. The van der Waals surface area contributed by atoms with Crippen LogP contribution in [-0.4, -0.2) is 22.3 Å². The van der Waals surface area contributed by atoms with Crippen LogP contribution in [0.4, 0.5) is 0 Å². The first-order chi connectivity index (χ1) is 10.7. The first-order valence-corrected chi connectivity index (χ1v) is 7.60. The fourth-order valence-corrected chi connectivity index (χ4v) is 2.71. The summed E-state index contributed by atoms with van der Waals surface area (Å²) in [4.78, 5) is 13.0. The highest BCUT2D eigenvalue weighted by molar-refractivity contribution is 7.11. The van der Waals surface area contributed by atoms with E-state index in [-0.39, 0.29) is 5.91 Å². The number of hydrazone groups is 1. The van der Waals surface area contributed by atoms with Crippen molar-refractivity contribution < 1.29 is 4.79 Å². The van der Waals surface area contributed by atoms with Gasteiger partial charge in [-0.05, 0) is 30.0 Å². The lowest BCUT2D eigenvalue weighted by Crippen LogP contribution is -2.17. The molecule has 0 radical (unpaired) electrons. The Kier molecular flexibility index (Phi) is 4.11. The SMILES string of the molecule is Cc1ccsc1/C=N\NC(=O)c1cc(-c2ccccc2)n[nH]1. The minimum atomic E-state index is -0.319. The number of benzene rings is 1. The van der Waals surface area contributed by atoms with Crippen LogP contribution in [0.1, 0.15) is 20.9 Å². The summed E-state index contributed by atoms with van der Waals surface area (Å²) in [6.07, 6.45) is 1.65. The van der Waals surface area contributed by atoms with Crippen molar-refractivity contribution in [2.45, 2.75) is 6.92 Å². The Morgan fingerprint density at radius 3 is 2.86 bits per heavy atom. The summed E-state index contributed by atoms with van der Waals surface area (Å²) in [7, 11) is 0. The van der Waals surface area contributed by atoms with E-state index in [1.54, 1.807) is 23.6 Å². The van der Waals surface area contributed by atoms with Crippen LogP contribution in [0.15, 0.2) is 52.9 Å². The molecular formula is C16H14N4OS. The highest BCUT2D eigenvalue weighted by Gasteiger charge is 2.10. The zero-order valence-corrected chi connectivity index (χ0v) is 12.7. The smallest absolute Gasteiger partial charge is 0.272 e. The number of thiophene rings is 1. The second kappa shape index (κ2) is 6.36. The van der Waals surface area contributed by atoms with Gasteiger partial charge in [0.15, 0.2) is 0 Å². The normalized spacial score (nSPS) is 11.0. The number of hydrogen-bond donors (Lipinski definition) is 2. The zero-order valence-electron chi connectivity index (χ0n) is 11.9. The van der Waals surface area contributed by atoms with Gasteiger partial charge in [-0.15, -0.1) is 11.3 Å². The van der Waals surface area contributed by atoms with Crippen LogP contribution in [0.5, 0.6) is 0 Å². The van der Waals surface area contributed by atoms with Gasteiger partial charge in [0.1, 0.15) is 5.69 Å². The number of aryl methyl sites for hydroxylation is 1. The van der Waals surface area contributed by atoms with Crippen molar-refractivity contribution in [3.05, 3.63) is 64.0 Å². The monoisotopic (exact) mass is 310 g/mol. The molecule has 0 aliphatic heterocycles. The average molecular weight is 310 g/mol. The summed E-state index contributed by atoms with van der Waals surface area (Å²) in [6.45, 7) is 2.00. The molecular weight excluding hydrogens is 296 g/mol. The van der Waals surface area contributed by atoms with E-state index in [2.05, 4.69) is 20.7 Å². The maximum Gasteiger partial charge on any atom is 0.289 e. The molecule has 0 bridgehead atoms. The Labute approximate surface area is 131 Å². The van der Waals surface area contributed by atoms with Gasteiger partial charge in [0, 0.05) is 10.4 Å². The summed E-state index contributed by atoms with van der Waals surface area (Å²) in [6, 6.07) is 13.4. The van der Waals surface area contributed by atoms with Crippen LogP contribution in [0.3, 0.4) is 0 Å². The molecule has 2 N–H and O–H groups in total. The Hall–Kier alpha value is -2.73. The average Bonchev–Trinajstić information content (AvgIpc) is 3.18. The minimum Gasteiger partial charge on any atom is -0.272 e. The number of nitrogens with zero attached hydrogens (tertiary/aromatic N) is 2. The topological polar surface area (TPSA) is 70.1 Å². The standard InChI is InChI=1S/C16H14N4OS/c1-11-7-8-22-15(11)10-17-20-16(21)14-9-13(18-19-14)12-5-3-2-4-6-12/h2-10H,1H3,(H,18,19)(H,20,21)/b17-10-. The van der Waals surface area contributed by atoms with Gasteiger partial charge in [0.05, 0.1) is 11.9 Å². The van der Waals surface area contributed by atoms with E-state index in [4.69, 9.17) is 0 Å². The first-order valence-electron chi connectivity index (χ1n) is 6.72. The lowest BCUT2D eigenvalue weighted by molar-refractivity contribution is 0.0950. The molecule has 2 heterocycles. The Bertz CT molecular complexity index is 804. The van der Waals surface area contributed by atoms with Crippen molar-refractivity contribution in [2.24, 2.45) is 5.10 Å². The summed E-state index contributed by atoms with van der Waals surface area (Å²) >= 11 is 1.58. The third-order valence-corrected chi connectivity index (χ3v) is 4.10. The lowest BCUT2D eigenvalue weighted by Gasteiger charge is -1.95. The number of rotatable bonds is 4. The number of amides is 1. The van der Waals surface area contributed by atoms with E-state index in [1.165, 1.54) is 0 Å². The Balaban J connectivity index is 1.67. The summed E-state index contributed by atoms with van der Waals surface area (Å²) in [5.41, 5.74) is 5.68. The predicted molar refractivity (Wildman–Crippen MR) is 88.1 cm³/mol. The molecule has 0 fully saturated rings. The molecule has 0 aliphatic carbocycles. The molecule has 22 heavy (non-hydrogen) atoms. The van der Waals surface area contributed by atoms with Gasteiger partial charge in [-0.1, -0.05) is 30.3 Å². The molecule has 110 valence electrons. The van der Waals surface area contributed by atoms with E-state index in [1.807, 2.05) is 48.7 Å². The lowest BCUT2D eigenvalue weighted by atomic mass is 10.1. The van der Waals surface area contributed by atoms with E-state index in [0.29, 0.717) is 5.69 Å².